The number of carbonyl (C=O) groups is 1. The quantitative estimate of drug-likeness (QED) is 0.356. The van der Waals surface area contributed by atoms with Crippen LogP contribution in [-0.2, 0) is 9.53 Å². The van der Waals surface area contributed by atoms with Gasteiger partial charge >= 0.3 is 5.97 Å². The molecule has 4 atom stereocenters. The number of benzene rings is 2. The second-order valence-corrected chi connectivity index (χ2v) is 11.3. The molecule has 0 N–H and O–H groups in total. The smallest absolute Gasteiger partial charge is 0.315 e. The zero-order valence-corrected chi connectivity index (χ0v) is 21.6. The molecule has 36 heavy (non-hydrogen) atoms. The maximum atomic E-state index is 13.8. The number of hydrogen-bond donors (Lipinski definition) is 0. The van der Waals surface area contributed by atoms with Gasteiger partial charge in [-0.3, -0.25) is 14.2 Å². The molecule has 1 saturated carbocycles. The molecule has 7 nitrogen and oxygen atoms in total. The Morgan fingerprint density at radius 1 is 1.17 bits per heavy atom. The van der Waals surface area contributed by atoms with Gasteiger partial charge in [0, 0.05) is 21.7 Å². The molecule has 4 heterocycles. The molecule has 0 amide bonds. The Hall–Kier alpha value is -3.43. The van der Waals surface area contributed by atoms with Crippen molar-refractivity contribution in [3.8, 4) is 17.1 Å². The molecule has 2 aromatic carbocycles. The average molecular weight is 563 g/mol. The molecule has 1 aliphatic carbocycles. The topological polar surface area (TPSA) is 83.0 Å². The summed E-state index contributed by atoms with van der Waals surface area (Å²) in [5.74, 6) is 0.962. The molecule has 9 heteroatoms. The van der Waals surface area contributed by atoms with Crippen LogP contribution in [0.25, 0.3) is 17.4 Å². The van der Waals surface area contributed by atoms with Crippen LogP contribution in [0.3, 0.4) is 0 Å². The molecule has 0 bridgehead atoms. The summed E-state index contributed by atoms with van der Waals surface area (Å²) < 4.78 is 20.7. The minimum atomic E-state index is -0.988. The summed E-state index contributed by atoms with van der Waals surface area (Å²) >= 11 is 4.73. The van der Waals surface area contributed by atoms with E-state index >= 15 is 0 Å². The Kier molecular flexibility index (Phi) is 4.43. The van der Waals surface area contributed by atoms with Gasteiger partial charge in [0.05, 0.1) is 11.6 Å². The first kappa shape index (κ1) is 21.8. The van der Waals surface area contributed by atoms with Gasteiger partial charge in [-0.25, -0.2) is 4.99 Å². The van der Waals surface area contributed by atoms with Gasteiger partial charge in [0.25, 0.3) is 5.56 Å². The first-order valence-electron chi connectivity index (χ1n) is 11.4. The van der Waals surface area contributed by atoms with Gasteiger partial charge in [-0.2, -0.15) is 0 Å². The van der Waals surface area contributed by atoms with E-state index < -0.39 is 23.1 Å². The monoisotopic (exact) mass is 562 g/mol. The van der Waals surface area contributed by atoms with E-state index in [0.717, 1.165) is 15.6 Å². The minimum Gasteiger partial charge on any atom is -0.481 e. The van der Waals surface area contributed by atoms with Crippen LogP contribution in [0.15, 0.2) is 79.3 Å². The molecule has 2 aromatic heterocycles. The third kappa shape index (κ3) is 2.70. The number of thiazole rings is 1. The van der Waals surface area contributed by atoms with E-state index in [1.165, 1.54) is 18.4 Å². The first-order chi connectivity index (χ1) is 17.4. The fraction of sp³-hybridized carbons (Fsp3) is 0.222. The molecular formula is C27H19BrN2O5S. The summed E-state index contributed by atoms with van der Waals surface area (Å²) in [7, 11) is 1.37. The van der Waals surface area contributed by atoms with Crippen LogP contribution >= 0.6 is 27.3 Å². The van der Waals surface area contributed by atoms with Gasteiger partial charge in [-0.15, -0.1) is 0 Å². The lowest BCUT2D eigenvalue weighted by Gasteiger charge is -2.26. The first-order valence-corrected chi connectivity index (χ1v) is 13.0. The number of rotatable bonds is 3. The zero-order chi connectivity index (χ0) is 24.8. The molecule has 1 fully saturated rings. The number of nitrogens with zero attached hydrogens (tertiary/aromatic N) is 2. The summed E-state index contributed by atoms with van der Waals surface area (Å²) in [5.41, 5.74) is -0.203. The fourth-order valence-electron chi connectivity index (χ4n) is 5.79. The van der Waals surface area contributed by atoms with Gasteiger partial charge < -0.3 is 13.9 Å². The molecule has 0 saturated heterocycles. The highest BCUT2D eigenvalue weighted by molar-refractivity contribution is 9.10. The number of halogens is 1. The number of ether oxygens (including phenoxy) is 2. The molecule has 4 aromatic rings. The Labute approximate surface area is 217 Å². The molecule has 0 radical (unpaired) electrons. The zero-order valence-electron chi connectivity index (χ0n) is 19.2. The van der Waals surface area contributed by atoms with E-state index in [1.54, 1.807) is 10.6 Å². The molecule has 180 valence electrons. The number of aromatic nitrogens is 1. The SMILES string of the molecule is COC(=O)[C@H]1[C@@]23Oc4ccccc4[C@@H]2n2c(s/c(=C\c4ccc(-c5ccc(Br)cc5)o4)c2=O)=N[C@@]13C. The number of hydrogen-bond acceptors (Lipinski definition) is 7. The summed E-state index contributed by atoms with van der Waals surface area (Å²) in [6, 6.07) is 18.7. The lowest BCUT2D eigenvalue weighted by atomic mass is 9.97. The van der Waals surface area contributed by atoms with Crippen LogP contribution in [0.2, 0.25) is 0 Å². The van der Waals surface area contributed by atoms with E-state index in [0.29, 0.717) is 26.6 Å². The van der Waals surface area contributed by atoms with Crippen molar-refractivity contribution in [1.82, 2.24) is 4.57 Å². The van der Waals surface area contributed by atoms with Crippen molar-refractivity contribution in [3.05, 3.63) is 96.1 Å². The molecule has 2 aliphatic heterocycles. The fourth-order valence-corrected chi connectivity index (χ4v) is 7.13. The van der Waals surface area contributed by atoms with E-state index in [-0.39, 0.29) is 11.5 Å². The van der Waals surface area contributed by atoms with Gasteiger partial charge in [0.2, 0.25) is 0 Å². The predicted molar refractivity (Wildman–Crippen MR) is 137 cm³/mol. The van der Waals surface area contributed by atoms with Gasteiger partial charge in [-0.05, 0) is 37.3 Å². The third-order valence-electron chi connectivity index (χ3n) is 7.49. The molecule has 7 rings (SSSR count). The Balaban J connectivity index is 1.38. The van der Waals surface area contributed by atoms with Crippen LogP contribution < -0.4 is 19.6 Å². The van der Waals surface area contributed by atoms with Gasteiger partial charge in [0.1, 0.15) is 34.8 Å². The van der Waals surface area contributed by atoms with Crippen molar-refractivity contribution in [1.29, 1.82) is 0 Å². The number of para-hydroxylation sites is 1. The predicted octanol–water partition coefficient (Wildman–Crippen LogP) is 3.68. The lowest BCUT2D eigenvalue weighted by molar-refractivity contribution is -0.144. The Morgan fingerprint density at radius 3 is 2.72 bits per heavy atom. The Morgan fingerprint density at radius 2 is 1.94 bits per heavy atom. The number of furan rings is 1. The van der Waals surface area contributed by atoms with Crippen LogP contribution in [0.4, 0.5) is 0 Å². The number of esters is 1. The third-order valence-corrected chi connectivity index (χ3v) is 9.00. The highest BCUT2D eigenvalue weighted by atomic mass is 79.9. The van der Waals surface area contributed by atoms with E-state index in [9.17, 15) is 9.59 Å². The summed E-state index contributed by atoms with van der Waals surface area (Å²) in [6.07, 6.45) is 1.75. The van der Waals surface area contributed by atoms with Gasteiger partial charge in [0.15, 0.2) is 10.4 Å². The van der Waals surface area contributed by atoms with Crippen LogP contribution in [0.5, 0.6) is 5.75 Å². The van der Waals surface area contributed by atoms with Crippen molar-refractivity contribution in [2.45, 2.75) is 24.1 Å². The number of methoxy groups -OCH3 is 1. The Bertz CT molecular complexity index is 1750. The second-order valence-electron chi connectivity index (χ2n) is 9.33. The summed E-state index contributed by atoms with van der Waals surface area (Å²) in [5, 5.41) is 0. The van der Waals surface area contributed by atoms with Crippen LogP contribution in [0, 0.1) is 5.92 Å². The number of carbonyl (C=O) groups excluding carboxylic acids is 1. The lowest BCUT2D eigenvalue weighted by Crippen LogP contribution is -2.47. The molecule has 3 aliphatic rings. The van der Waals surface area contributed by atoms with Crippen LogP contribution in [-0.4, -0.2) is 28.8 Å². The van der Waals surface area contributed by atoms with Crippen molar-refractivity contribution in [2.75, 3.05) is 7.11 Å². The maximum Gasteiger partial charge on any atom is 0.315 e. The average Bonchev–Trinajstić information content (AvgIpc) is 3.28. The van der Waals surface area contributed by atoms with Crippen LogP contribution in [0.1, 0.15) is 24.3 Å². The van der Waals surface area contributed by atoms with E-state index in [4.69, 9.17) is 18.9 Å². The maximum absolute atomic E-state index is 13.8. The second kappa shape index (κ2) is 7.30. The summed E-state index contributed by atoms with van der Waals surface area (Å²) in [4.78, 5) is 32.0. The van der Waals surface area contributed by atoms with Crippen molar-refractivity contribution in [2.24, 2.45) is 10.9 Å². The molecule has 0 unspecified atom stereocenters. The highest BCUT2D eigenvalue weighted by Crippen LogP contribution is 2.70. The normalized spacial score (nSPS) is 27.2. The van der Waals surface area contributed by atoms with Crippen molar-refractivity contribution < 1.29 is 18.7 Å². The summed E-state index contributed by atoms with van der Waals surface area (Å²) in [6.45, 7) is 1.90. The minimum absolute atomic E-state index is 0.192. The van der Waals surface area contributed by atoms with E-state index in [1.807, 2.05) is 67.6 Å². The van der Waals surface area contributed by atoms with Crippen molar-refractivity contribution >= 4 is 39.3 Å². The number of fused-ring (bicyclic) bond motifs is 4. The van der Waals surface area contributed by atoms with Gasteiger partial charge in [-0.1, -0.05) is 57.6 Å². The highest BCUT2D eigenvalue weighted by Gasteiger charge is 2.88. The standard InChI is InChI=1S/C27H19BrN2O5S/c1-26-21(24(32)33-2)27(26)22(17-5-3-4-6-19(17)35-27)30-23(31)20(36-25(30)29-26)13-16-11-12-18(34-16)14-7-9-15(28)10-8-14/h3-13,21-22H,1-2H3/b20-13-/t21-,22+,26+,27-/m1/s1. The molecule has 1 spiro atoms. The molecular weight excluding hydrogens is 544 g/mol. The van der Waals surface area contributed by atoms with E-state index in [2.05, 4.69) is 15.9 Å². The largest absolute Gasteiger partial charge is 0.481 e. The van der Waals surface area contributed by atoms with Crippen molar-refractivity contribution in [3.63, 3.8) is 0 Å².